The Morgan fingerprint density at radius 3 is 1.05 bits per heavy atom. The molecule has 4 nitrogen and oxygen atoms in total. The molecule has 0 saturated carbocycles. The van der Waals surface area contributed by atoms with Crippen molar-refractivity contribution >= 4 is 110 Å². The van der Waals surface area contributed by atoms with E-state index in [1.54, 1.807) is 109 Å². The Morgan fingerprint density at radius 1 is 0.333 bits per heavy atom. The second-order valence-electron chi connectivity index (χ2n) is 19.4. The minimum Gasteiger partial charge on any atom is -0.310 e. The van der Waals surface area contributed by atoms with Crippen LogP contribution in [0.2, 0.25) is 0 Å². The molecule has 4 heterocycles. The van der Waals surface area contributed by atoms with Gasteiger partial charge in [-0.25, -0.2) is 0 Å². The summed E-state index contributed by atoms with van der Waals surface area (Å²) >= 11 is 0. The fourth-order valence-electron chi connectivity index (χ4n) is 11.4. The van der Waals surface area contributed by atoms with Gasteiger partial charge in [-0.05, 0) is 117 Å². The van der Waals surface area contributed by atoms with Crippen molar-refractivity contribution in [3.05, 3.63) is 253 Å². The summed E-state index contributed by atoms with van der Waals surface area (Å²) in [4.78, 5) is 2.93. The van der Waals surface area contributed by atoms with Gasteiger partial charge in [0, 0.05) is 90.5 Å². The van der Waals surface area contributed by atoms with Gasteiger partial charge in [-0.15, -0.1) is 0 Å². The summed E-state index contributed by atoms with van der Waals surface area (Å²) in [7, 11) is 0. The SMILES string of the molecule is [2H]c1c([2H])c(C(C([2H])([2H])[2H])(C([2H])([2H])[2H])C([2H])([2H])[2H])c2c(c1[2H])c1c(N(c3ccccc3)c3ccc(-c4ccccc4)cc3)c([2H])c([2H])c3c4c([2H])c5c(c([2H])c4n2c31)c1c([2H])c([2H])c(N(c2ccccc2)c2ccc(-c3ccccc3)cc2)c2c3c([2H])c([2H])c([2H])c(C(C([2H])([2H])[2H])(C([2H])([2H])[2H])C([2H])([2H])[2H])c3n5c12. The van der Waals surface area contributed by atoms with Crippen molar-refractivity contribution in [2.45, 2.75) is 51.9 Å². The van der Waals surface area contributed by atoms with Gasteiger partial charge in [0.2, 0.25) is 0 Å². The Morgan fingerprint density at radius 2 is 0.679 bits per heavy atom. The van der Waals surface area contributed by atoms with E-state index in [0.717, 1.165) is 19.9 Å². The van der Waals surface area contributed by atoms with Crippen molar-refractivity contribution in [1.82, 2.24) is 8.80 Å². The second-order valence-corrected chi connectivity index (χ2v) is 19.4. The Balaban J connectivity index is 1.25. The van der Waals surface area contributed by atoms with Crippen molar-refractivity contribution in [2.75, 3.05) is 9.80 Å². The number of nitrogens with zero attached hydrogens (tertiary/aromatic N) is 4. The summed E-state index contributed by atoms with van der Waals surface area (Å²) in [6.45, 7) is -25.4. The van der Waals surface area contributed by atoms with Crippen LogP contribution in [0.15, 0.2) is 242 Å². The number of benzene rings is 11. The summed E-state index contributed by atoms with van der Waals surface area (Å²) in [5.41, 5.74) is -12.3. The van der Waals surface area contributed by atoms with E-state index in [-0.39, 0.29) is 34.1 Å². The molecule has 0 aliphatic rings. The van der Waals surface area contributed by atoms with E-state index in [1.807, 2.05) is 60.7 Å². The predicted molar refractivity (Wildman–Crippen MR) is 333 cm³/mol. The molecule has 0 spiro atoms. The van der Waals surface area contributed by atoms with E-state index in [1.165, 1.54) is 9.80 Å². The van der Waals surface area contributed by atoms with Crippen molar-refractivity contribution in [1.29, 1.82) is 0 Å². The molecule has 0 radical (unpaired) electrons. The van der Waals surface area contributed by atoms with E-state index >= 15 is 0 Å². The third-order valence-electron chi connectivity index (χ3n) is 14.7. The molecule has 0 fully saturated rings. The van der Waals surface area contributed by atoms with Crippen LogP contribution < -0.4 is 9.80 Å². The molecule has 0 amide bonds. The molecule has 0 N–H and O–H groups in total. The van der Waals surface area contributed by atoms with Crippen LogP contribution in [0.1, 0.15) is 93.4 Å². The van der Waals surface area contributed by atoms with E-state index in [0.29, 0.717) is 11.1 Å². The highest BCUT2D eigenvalue weighted by Crippen LogP contribution is 2.53. The Hall–Kier alpha value is -9.38. The molecule has 0 atom stereocenters. The number of aromatic nitrogens is 2. The summed E-state index contributed by atoms with van der Waals surface area (Å²) < 4.78 is 291. The molecule has 78 heavy (non-hydrogen) atoms. The first-order valence-corrected chi connectivity index (χ1v) is 25.0. The van der Waals surface area contributed by atoms with Gasteiger partial charge >= 0.3 is 0 Å². The molecular formula is C74H58N4. The number of hydrogen-bond donors (Lipinski definition) is 0. The zero-order valence-corrected chi connectivity index (χ0v) is 41.0. The number of anilines is 6. The molecule has 0 aliphatic heterocycles. The number of rotatable bonds is 8. The van der Waals surface area contributed by atoms with Crippen molar-refractivity contribution in [3.63, 3.8) is 0 Å². The normalized spacial score (nSPS) is 19.0. The molecule has 4 heteroatoms. The van der Waals surface area contributed by atoms with Crippen LogP contribution in [0.4, 0.5) is 34.1 Å². The van der Waals surface area contributed by atoms with E-state index in [9.17, 15) is 41.1 Å². The summed E-state index contributed by atoms with van der Waals surface area (Å²) in [6.07, 6.45) is 0. The minimum absolute atomic E-state index is 0.235. The van der Waals surface area contributed by atoms with Gasteiger partial charge in [-0.3, -0.25) is 0 Å². The number of fused-ring (bicyclic) bond motifs is 12. The first-order valence-electron chi connectivity index (χ1n) is 40.0. The fraction of sp³-hybridized carbons (Fsp3) is 0.108. The zero-order valence-electron chi connectivity index (χ0n) is 71.0. The number of para-hydroxylation sites is 4. The van der Waals surface area contributed by atoms with Gasteiger partial charge in [0.1, 0.15) is 0 Å². The summed E-state index contributed by atoms with van der Waals surface area (Å²) in [5.74, 6) is 0. The van der Waals surface area contributed by atoms with Gasteiger partial charge in [0.05, 0.1) is 60.9 Å². The van der Waals surface area contributed by atoms with Gasteiger partial charge in [-0.2, -0.15) is 0 Å². The number of hydrogen-bond acceptors (Lipinski definition) is 2. The Bertz CT molecular complexity index is 5750. The van der Waals surface area contributed by atoms with Crippen LogP contribution in [0.5, 0.6) is 0 Å². The van der Waals surface area contributed by atoms with Crippen LogP contribution in [0, 0.1) is 0 Å². The molecule has 15 aromatic rings. The molecule has 11 aromatic carbocycles. The maximum atomic E-state index is 11.0. The maximum Gasteiger partial charge on any atom is 0.0653 e. The molecule has 374 valence electrons. The Kier molecular flexibility index (Phi) is 5.41. The Labute approximate surface area is 497 Å². The van der Waals surface area contributed by atoms with Crippen LogP contribution in [-0.2, 0) is 10.8 Å². The first kappa shape index (κ1) is 24.7. The highest BCUT2D eigenvalue weighted by molar-refractivity contribution is 6.32. The van der Waals surface area contributed by atoms with E-state index in [2.05, 4.69) is 0 Å². The van der Waals surface area contributed by atoms with Crippen molar-refractivity contribution < 1.29 is 41.1 Å². The van der Waals surface area contributed by atoms with E-state index in [4.69, 9.17) is 0 Å². The third-order valence-corrected chi connectivity index (χ3v) is 14.7. The van der Waals surface area contributed by atoms with Crippen molar-refractivity contribution in [2.24, 2.45) is 0 Å². The van der Waals surface area contributed by atoms with Crippen LogP contribution >= 0.6 is 0 Å². The lowest BCUT2D eigenvalue weighted by Gasteiger charge is -2.27. The van der Waals surface area contributed by atoms with Crippen LogP contribution in [0.3, 0.4) is 0 Å². The molecule has 0 aliphatic carbocycles. The van der Waals surface area contributed by atoms with Crippen LogP contribution in [-0.4, -0.2) is 8.80 Å². The van der Waals surface area contributed by atoms with Crippen molar-refractivity contribution in [3.8, 4) is 22.3 Å². The average Bonchev–Trinajstić information content (AvgIpc) is 1.24. The minimum atomic E-state index is -4.23. The topological polar surface area (TPSA) is 15.3 Å². The molecule has 15 rings (SSSR count). The molecule has 0 unspecified atom stereocenters. The highest BCUT2D eigenvalue weighted by atomic mass is 15.2. The van der Waals surface area contributed by atoms with Crippen LogP contribution in [0.25, 0.3) is 98.4 Å². The fourth-order valence-corrected chi connectivity index (χ4v) is 11.4. The zero-order chi connectivity index (χ0) is 78.0. The van der Waals surface area contributed by atoms with Gasteiger partial charge in [0.25, 0.3) is 0 Å². The lowest BCUT2D eigenvalue weighted by molar-refractivity contribution is 0.594. The highest BCUT2D eigenvalue weighted by Gasteiger charge is 2.31. The lowest BCUT2D eigenvalue weighted by atomic mass is 9.85. The second kappa shape index (κ2) is 17.1. The van der Waals surface area contributed by atoms with Gasteiger partial charge in [-0.1, -0.05) is 211 Å². The van der Waals surface area contributed by atoms with Gasteiger partial charge < -0.3 is 18.6 Å². The molecule has 4 aromatic heterocycles. The lowest BCUT2D eigenvalue weighted by Crippen LogP contribution is -2.12. The van der Waals surface area contributed by atoms with E-state index < -0.39 is 212 Å². The molecule has 0 bridgehead atoms. The summed E-state index contributed by atoms with van der Waals surface area (Å²) in [6, 6.07) is 35.9. The van der Waals surface area contributed by atoms with Gasteiger partial charge in [0.15, 0.2) is 0 Å². The largest absolute Gasteiger partial charge is 0.310 e. The monoisotopic (exact) mass is 1030 g/mol. The summed E-state index contributed by atoms with van der Waals surface area (Å²) in [5, 5.41) is -4.58. The maximum absolute atomic E-state index is 11.0. The predicted octanol–water partition coefficient (Wildman–Crippen LogP) is 20.9. The quantitative estimate of drug-likeness (QED) is 0.151. The average molecular weight is 1030 g/mol. The first-order chi connectivity index (χ1) is 50.5. The molecular weight excluding hydrogens is 945 g/mol. The third kappa shape index (κ3) is 6.85. The molecule has 0 saturated heterocycles. The standard InChI is InChI=1S/C74H58N4/c1-73(2,3)61-31-19-29-57-67-63(75(51-25-15-9-16-26-51)53-37-33-49(34-38-53)47-21-11-7-12-22-47)43-41-55-59-46-66-60(45-65(59)77(69(57)61)71(55)67)56-42-44-64(68-58-30-20-32-62(74(4,5)6)70(58)78(66)72(56)68)76(52-27-17-10-18-28-52)54-39-35-50(36-40-54)48-23-13-8-14-24-48/h7-46H,1-6H3/i1D3,2D3,3D3,4D3,5D3,6D3,19D,20D,29D,30D,31D,32D,41D,42D,43D,44D,45D,46D. The smallest absolute Gasteiger partial charge is 0.0653 e.